The van der Waals surface area contributed by atoms with Crippen LogP contribution in [0, 0.1) is 12.3 Å². The third kappa shape index (κ3) is 2.95. The van der Waals surface area contributed by atoms with Gasteiger partial charge in [-0.2, -0.15) is 0 Å². The molecular weight excluding hydrogens is 168 g/mol. The molecular formula is C8H10N4O. The van der Waals surface area contributed by atoms with Gasteiger partial charge in [0.25, 0.3) is 0 Å². The molecule has 1 aromatic heterocycles. The van der Waals surface area contributed by atoms with Gasteiger partial charge in [0.1, 0.15) is 6.54 Å². The Morgan fingerprint density at radius 1 is 1.85 bits per heavy atom. The first-order valence-electron chi connectivity index (χ1n) is 3.82. The zero-order valence-corrected chi connectivity index (χ0v) is 7.27. The molecule has 5 nitrogen and oxygen atoms in total. The van der Waals surface area contributed by atoms with E-state index in [1.807, 2.05) is 0 Å². The molecule has 13 heavy (non-hydrogen) atoms. The molecule has 0 spiro atoms. The molecule has 0 aliphatic rings. The predicted molar refractivity (Wildman–Crippen MR) is 46.5 cm³/mol. The van der Waals surface area contributed by atoms with Gasteiger partial charge in [-0.25, -0.2) is 4.68 Å². The summed E-state index contributed by atoms with van der Waals surface area (Å²) in [5.74, 6) is 2.23. The largest absolute Gasteiger partial charge is 0.341 e. The lowest BCUT2D eigenvalue weighted by molar-refractivity contribution is -0.122. The molecule has 1 N–H and O–H groups in total. The number of carbonyl (C=O) groups is 1. The highest BCUT2D eigenvalue weighted by Gasteiger charge is 2.04. The van der Waals surface area contributed by atoms with Crippen LogP contribution in [0.1, 0.15) is 6.92 Å². The third-order valence-corrected chi connectivity index (χ3v) is 1.41. The van der Waals surface area contributed by atoms with Crippen LogP contribution in [-0.4, -0.2) is 26.9 Å². The van der Waals surface area contributed by atoms with Gasteiger partial charge in [-0.1, -0.05) is 11.1 Å². The first-order valence-corrected chi connectivity index (χ1v) is 3.82. The lowest BCUT2D eigenvalue weighted by atomic mass is 10.3. The first-order chi connectivity index (χ1) is 6.22. The number of rotatable bonds is 3. The minimum absolute atomic E-state index is 0.145. The van der Waals surface area contributed by atoms with Crippen molar-refractivity contribution in [3.63, 3.8) is 0 Å². The Labute approximate surface area is 76.1 Å². The maximum absolute atomic E-state index is 11.2. The van der Waals surface area contributed by atoms with Crippen LogP contribution < -0.4 is 5.32 Å². The van der Waals surface area contributed by atoms with Crippen molar-refractivity contribution in [1.82, 2.24) is 20.3 Å². The number of hydrogen-bond donors (Lipinski definition) is 1. The van der Waals surface area contributed by atoms with Gasteiger partial charge in [0.05, 0.1) is 12.2 Å². The van der Waals surface area contributed by atoms with Crippen molar-refractivity contribution in [2.45, 2.75) is 19.5 Å². The predicted octanol–water partition coefficient (Wildman–Crippen LogP) is -0.584. The summed E-state index contributed by atoms with van der Waals surface area (Å²) in [6, 6.07) is -0.254. The second-order valence-corrected chi connectivity index (χ2v) is 2.56. The molecule has 1 rings (SSSR count). The fourth-order valence-electron chi connectivity index (χ4n) is 0.793. The standard InChI is InChI=1S/C8H10N4O/c1-3-7(2)10-8(13)6-12-5-4-9-11-12/h1,4-5,7H,6H2,2H3,(H,10,13). The topological polar surface area (TPSA) is 59.8 Å². The van der Waals surface area contributed by atoms with Crippen molar-refractivity contribution in [3.8, 4) is 12.3 Å². The normalized spacial score (nSPS) is 11.7. The average molecular weight is 178 g/mol. The maximum Gasteiger partial charge on any atom is 0.242 e. The van der Waals surface area contributed by atoms with E-state index in [9.17, 15) is 4.79 Å². The van der Waals surface area contributed by atoms with Gasteiger partial charge < -0.3 is 5.32 Å². The number of hydrogen-bond acceptors (Lipinski definition) is 3. The Hall–Kier alpha value is -1.83. The second kappa shape index (κ2) is 4.26. The summed E-state index contributed by atoms with van der Waals surface area (Å²) in [7, 11) is 0. The Bertz CT molecular complexity index is 311. The smallest absolute Gasteiger partial charge is 0.242 e. The highest BCUT2D eigenvalue weighted by molar-refractivity contribution is 5.76. The number of amides is 1. The van der Waals surface area contributed by atoms with Crippen LogP contribution in [0.15, 0.2) is 12.4 Å². The van der Waals surface area contributed by atoms with Gasteiger partial charge in [-0.05, 0) is 6.92 Å². The summed E-state index contributed by atoms with van der Waals surface area (Å²) in [6.45, 7) is 1.88. The van der Waals surface area contributed by atoms with Gasteiger partial charge in [0, 0.05) is 6.20 Å². The van der Waals surface area contributed by atoms with Crippen molar-refractivity contribution in [1.29, 1.82) is 0 Å². The SMILES string of the molecule is C#CC(C)NC(=O)Cn1ccnn1. The third-order valence-electron chi connectivity index (χ3n) is 1.41. The van der Waals surface area contributed by atoms with Crippen LogP contribution in [0.25, 0.3) is 0 Å². The molecule has 0 aliphatic heterocycles. The summed E-state index contributed by atoms with van der Waals surface area (Å²) < 4.78 is 1.43. The lowest BCUT2D eigenvalue weighted by Crippen LogP contribution is -2.34. The van der Waals surface area contributed by atoms with Crippen LogP contribution in [0.4, 0.5) is 0 Å². The lowest BCUT2D eigenvalue weighted by Gasteiger charge is -2.06. The van der Waals surface area contributed by atoms with Gasteiger partial charge in [0.15, 0.2) is 0 Å². The van der Waals surface area contributed by atoms with Crippen LogP contribution in [0.3, 0.4) is 0 Å². The number of aromatic nitrogens is 3. The van der Waals surface area contributed by atoms with E-state index in [1.54, 1.807) is 13.1 Å². The van der Waals surface area contributed by atoms with Crippen molar-refractivity contribution in [2.24, 2.45) is 0 Å². The Balaban J connectivity index is 2.39. The van der Waals surface area contributed by atoms with E-state index >= 15 is 0 Å². The molecule has 0 fully saturated rings. The number of nitrogens with zero attached hydrogens (tertiary/aromatic N) is 3. The van der Waals surface area contributed by atoms with E-state index < -0.39 is 0 Å². The molecule has 1 amide bonds. The number of terminal acetylenes is 1. The fraction of sp³-hybridized carbons (Fsp3) is 0.375. The molecule has 1 heterocycles. The van der Waals surface area contributed by atoms with E-state index in [2.05, 4.69) is 21.5 Å². The molecule has 0 bridgehead atoms. The minimum Gasteiger partial charge on any atom is -0.341 e. The molecule has 1 atom stereocenters. The molecule has 0 aliphatic carbocycles. The van der Waals surface area contributed by atoms with Gasteiger partial charge in [-0.3, -0.25) is 4.79 Å². The Morgan fingerprint density at radius 3 is 3.15 bits per heavy atom. The highest BCUT2D eigenvalue weighted by Crippen LogP contribution is 1.83. The zero-order chi connectivity index (χ0) is 9.68. The molecule has 1 aromatic rings. The van der Waals surface area contributed by atoms with Gasteiger partial charge >= 0.3 is 0 Å². The van der Waals surface area contributed by atoms with E-state index in [4.69, 9.17) is 6.42 Å². The molecule has 68 valence electrons. The molecule has 0 saturated heterocycles. The summed E-state index contributed by atoms with van der Waals surface area (Å²) >= 11 is 0. The van der Waals surface area contributed by atoms with Crippen molar-refractivity contribution < 1.29 is 4.79 Å². The Morgan fingerprint density at radius 2 is 2.62 bits per heavy atom. The van der Waals surface area contributed by atoms with Crippen LogP contribution >= 0.6 is 0 Å². The van der Waals surface area contributed by atoms with Crippen LogP contribution in [0.5, 0.6) is 0 Å². The molecule has 0 radical (unpaired) electrons. The highest BCUT2D eigenvalue weighted by atomic mass is 16.2. The van der Waals surface area contributed by atoms with E-state index in [1.165, 1.54) is 10.9 Å². The molecule has 5 heteroatoms. The van der Waals surface area contributed by atoms with Crippen LogP contribution in [-0.2, 0) is 11.3 Å². The van der Waals surface area contributed by atoms with E-state index in [-0.39, 0.29) is 18.5 Å². The maximum atomic E-state index is 11.2. The van der Waals surface area contributed by atoms with Crippen LogP contribution in [0.2, 0.25) is 0 Å². The number of nitrogens with one attached hydrogen (secondary N) is 1. The van der Waals surface area contributed by atoms with Crippen molar-refractivity contribution in [3.05, 3.63) is 12.4 Å². The average Bonchev–Trinajstić information content (AvgIpc) is 2.56. The zero-order valence-electron chi connectivity index (χ0n) is 7.27. The second-order valence-electron chi connectivity index (χ2n) is 2.56. The molecule has 0 aromatic carbocycles. The van der Waals surface area contributed by atoms with Gasteiger partial charge in [-0.15, -0.1) is 11.5 Å². The minimum atomic E-state index is -0.254. The summed E-state index contributed by atoms with van der Waals surface area (Å²) in [4.78, 5) is 11.2. The van der Waals surface area contributed by atoms with E-state index in [0.29, 0.717) is 0 Å². The van der Waals surface area contributed by atoms with E-state index in [0.717, 1.165) is 0 Å². The quantitative estimate of drug-likeness (QED) is 0.630. The summed E-state index contributed by atoms with van der Waals surface area (Å²) in [5, 5.41) is 9.81. The summed E-state index contributed by atoms with van der Waals surface area (Å²) in [5.41, 5.74) is 0. The fourth-order valence-corrected chi connectivity index (χ4v) is 0.793. The first kappa shape index (κ1) is 9.26. The monoisotopic (exact) mass is 178 g/mol. The number of carbonyl (C=O) groups excluding carboxylic acids is 1. The molecule has 0 saturated carbocycles. The molecule has 1 unspecified atom stereocenters. The Kier molecular flexibility index (Phi) is 3.03. The van der Waals surface area contributed by atoms with Gasteiger partial charge in [0.2, 0.25) is 5.91 Å². The van der Waals surface area contributed by atoms with Crippen molar-refractivity contribution >= 4 is 5.91 Å². The van der Waals surface area contributed by atoms with Crippen molar-refractivity contribution in [2.75, 3.05) is 0 Å². The summed E-state index contributed by atoms with van der Waals surface area (Å²) in [6.07, 6.45) is 8.22.